The van der Waals surface area contributed by atoms with E-state index in [0.29, 0.717) is 42.4 Å². The summed E-state index contributed by atoms with van der Waals surface area (Å²) in [5.74, 6) is 0.620. The molecule has 2 heterocycles. The van der Waals surface area contributed by atoms with Gasteiger partial charge in [0.25, 0.3) is 0 Å². The maximum absolute atomic E-state index is 13.1. The summed E-state index contributed by atoms with van der Waals surface area (Å²) in [5.41, 5.74) is 1.28. The van der Waals surface area contributed by atoms with Crippen LogP contribution in [0.25, 0.3) is 5.57 Å². The second kappa shape index (κ2) is 8.11. The number of ketones is 1. The molecule has 1 aromatic heterocycles. The number of aromatic nitrogens is 2. The van der Waals surface area contributed by atoms with Crippen LogP contribution in [0.4, 0.5) is 5.82 Å². The molecule has 0 saturated carbocycles. The highest BCUT2D eigenvalue weighted by Gasteiger charge is 2.36. The van der Waals surface area contributed by atoms with Crippen LogP contribution in [0.2, 0.25) is 25.7 Å². The minimum atomic E-state index is -1.22. The van der Waals surface area contributed by atoms with Gasteiger partial charge in [0, 0.05) is 38.6 Å². The minimum absolute atomic E-state index is 0.0199. The van der Waals surface area contributed by atoms with Crippen molar-refractivity contribution in [2.24, 2.45) is 5.41 Å². The van der Waals surface area contributed by atoms with Crippen molar-refractivity contribution >= 4 is 31.2 Å². The molecule has 1 aliphatic heterocycles. The Morgan fingerprint density at radius 3 is 2.62 bits per heavy atom. The lowest BCUT2D eigenvalue weighted by atomic mass is 9.86. The molecular weight excluding hydrogens is 382 g/mol. The van der Waals surface area contributed by atoms with E-state index in [2.05, 4.69) is 24.6 Å². The molecule has 3 rings (SSSR count). The predicted octanol–water partition coefficient (Wildman–Crippen LogP) is 4.40. The molecule has 158 valence electrons. The van der Waals surface area contributed by atoms with Crippen LogP contribution in [-0.4, -0.2) is 42.9 Å². The van der Waals surface area contributed by atoms with Gasteiger partial charge in [-0.05, 0) is 25.0 Å². The molecule has 2 aliphatic rings. The van der Waals surface area contributed by atoms with Gasteiger partial charge in [-0.2, -0.15) is 0 Å². The molecule has 0 radical (unpaired) electrons. The molecule has 0 N–H and O–H groups in total. The third-order valence-electron chi connectivity index (χ3n) is 5.31. The normalized spacial score (nSPS) is 19.9. The molecule has 1 saturated heterocycles. The van der Waals surface area contributed by atoms with Gasteiger partial charge < -0.3 is 4.74 Å². The lowest BCUT2D eigenvalue weighted by molar-refractivity contribution is -0.120. The van der Waals surface area contributed by atoms with Gasteiger partial charge >= 0.3 is 0 Å². The number of allylic oxidation sites excluding steroid dienone is 1. The van der Waals surface area contributed by atoms with Crippen LogP contribution >= 0.6 is 0 Å². The fraction of sp³-hybridized carbons (Fsp3) is 0.636. The minimum Gasteiger partial charge on any atom is -0.368 e. The lowest BCUT2D eigenvalue weighted by Crippen LogP contribution is -2.36. The van der Waals surface area contributed by atoms with Crippen LogP contribution < -0.4 is 4.90 Å². The summed E-state index contributed by atoms with van der Waals surface area (Å²) < 4.78 is 6.13. The number of carbonyl (C=O) groups excluding carboxylic acids is 2. The Balaban J connectivity index is 1.92. The largest absolute Gasteiger partial charge is 0.368 e. The average Bonchev–Trinajstić information content (AvgIpc) is 2.97. The Bertz CT molecular complexity index is 837. The molecule has 29 heavy (non-hydrogen) atoms. The molecule has 1 atom stereocenters. The van der Waals surface area contributed by atoms with Crippen LogP contribution in [0.15, 0.2) is 12.3 Å². The molecule has 6 nitrogen and oxygen atoms in total. The van der Waals surface area contributed by atoms with Crippen LogP contribution in [-0.2, 0) is 14.3 Å². The zero-order chi connectivity index (χ0) is 21.4. The molecule has 0 spiro atoms. The molecule has 1 fully saturated rings. The third-order valence-corrected chi connectivity index (χ3v) is 7.01. The van der Waals surface area contributed by atoms with Crippen molar-refractivity contribution in [3.63, 3.8) is 0 Å². The highest BCUT2D eigenvalue weighted by Crippen LogP contribution is 2.39. The van der Waals surface area contributed by atoms with Crippen LogP contribution in [0.3, 0.4) is 0 Å². The molecule has 0 bridgehead atoms. The molecule has 1 amide bonds. The van der Waals surface area contributed by atoms with E-state index in [1.165, 1.54) is 0 Å². The van der Waals surface area contributed by atoms with Gasteiger partial charge in [0.15, 0.2) is 11.6 Å². The standard InChI is InChI=1S/C22H33N3O3Si/c1-22(2,3)21(27)15-13-16(28-11-12-29(4,5)6)20-19(15)24-17(14-23-20)25-10-8-7-9-18(25)26/h13-14,16H,7-12H2,1-6H3. The van der Waals surface area contributed by atoms with Crippen molar-refractivity contribution in [1.29, 1.82) is 0 Å². The van der Waals surface area contributed by atoms with Crippen molar-refractivity contribution in [2.75, 3.05) is 18.1 Å². The van der Waals surface area contributed by atoms with Gasteiger partial charge in [-0.15, -0.1) is 0 Å². The molecule has 1 aromatic rings. The molecule has 1 aliphatic carbocycles. The maximum atomic E-state index is 13.1. The number of hydrogen-bond acceptors (Lipinski definition) is 5. The molecule has 0 aromatic carbocycles. The average molecular weight is 416 g/mol. The van der Waals surface area contributed by atoms with E-state index in [9.17, 15) is 9.59 Å². The number of carbonyl (C=O) groups is 2. The summed E-state index contributed by atoms with van der Waals surface area (Å²) in [6, 6.07) is 1.04. The first kappa shape index (κ1) is 21.8. The van der Waals surface area contributed by atoms with E-state index in [1.807, 2.05) is 26.8 Å². The quantitative estimate of drug-likeness (QED) is 0.644. The van der Waals surface area contributed by atoms with Crippen LogP contribution in [0.5, 0.6) is 0 Å². The first-order valence-electron chi connectivity index (χ1n) is 10.5. The number of Topliss-reactive ketones (excluding diaryl/α,β-unsaturated/α-hetero) is 1. The first-order valence-corrected chi connectivity index (χ1v) is 14.2. The van der Waals surface area contributed by atoms with Crippen LogP contribution in [0.1, 0.15) is 57.5 Å². The van der Waals surface area contributed by atoms with Gasteiger partial charge in [-0.3, -0.25) is 19.5 Å². The van der Waals surface area contributed by atoms with Gasteiger partial charge in [0.2, 0.25) is 5.91 Å². The van der Waals surface area contributed by atoms with Gasteiger partial charge in [0.05, 0.1) is 11.9 Å². The topological polar surface area (TPSA) is 72.4 Å². The van der Waals surface area contributed by atoms with Crippen molar-refractivity contribution < 1.29 is 14.3 Å². The number of rotatable bonds is 6. The lowest BCUT2D eigenvalue weighted by Gasteiger charge is -2.26. The Kier molecular flexibility index (Phi) is 6.10. The zero-order valence-electron chi connectivity index (χ0n) is 18.5. The van der Waals surface area contributed by atoms with Crippen LogP contribution in [0, 0.1) is 5.41 Å². The van der Waals surface area contributed by atoms with Crippen molar-refractivity contribution in [2.45, 2.75) is 71.8 Å². The first-order chi connectivity index (χ1) is 13.5. The summed E-state index contributed by atoms with van der Waals surface area (Å²) in [5, 5.41) is 0. The van der Waals surface area contributed by atoms with Crippen molar-refractivity contribution in [3.8, 4) is 0 Å². The van der Waals surface area contributed by atoms with Gasteiger partial charge in [-0.1, -0.05) is 40.4 Å². The van der Waals surface area contributed by atoms with Gasteiger partial charge in [-0.25, -0.2) is 4.98 Å². The van der Waals surface area contributed by atoms with Gasteiger partial charge in [0.1, 0.15) is 11.8 Å². The van der Waals surface area contributed by atoms with E-state index < -0.39 is 13.5 Å². The number of amides is 1. The monoisotopic (exact) mass is 415 g/mol. The summed E-state index contributed by atoms with van der Waals surface area (Å²) in [7, 11) is -1.22. The smallest absolute Gasteiger partial charge is 0.228 e. The Hall–Kier alpha value is -1.86. The highest BCUT2D eigenvalue weighted by molar-refractivity contribution is 6.76. The van der Waals surface area contributed by atoms with Crippen molar-refractivity contribution in [3.05, 3.63) is 23.7 Å². The number of nitrogens with zero attached hydrogens (tertiary/aromatic N) is 3. The fourth-order valence-corrected chi connectivity index (χ4v) is 4.22. The number of piperidine rings is 1. The zero-order valence-corrected chi connectivity index (χ0v) is 19.5. The Morgan fingerprint density at radius 1 is 1.28 bits per heavy atom. The third kappa shape index (κ3) is 5.01. The second-order valence-electron chi connectivity index (χ2n) is 10.2. The molecule has 1 unspecified atom stereocenters. The fourth-order valence-electron chi connectivity index (χ4n) is 3.49. The van der Waals surface area contributed by atoms with Crippen molar-refractivity contribution in [1.82, 2.24) is 9.97 Å². The Morgan fingerprint density at radius 2 is 2.00 bits per heavy atom. The number of fused-ring (bicyclic) bond motifs is 1. The molecular formula is C22H33N3O3Si. The van der Waals surface area contributed by atoms with E-state index in [1.54, 1.807) is 11.1 Å². The summed E-state index contributed by atoms with van der Waals surface area (Å²) >= 11 is 0. The SMILES string of the molecule is CC(C)(C)C(=O)C1=CC(OCC[Si](C)(C)C)c2ncc(N3CCCCC3=O)nc21. The maximum Gasteiger partial charge on any atom is 0.228 e. The Labute approximate surface area is 174 Å². The summed E-state index contributed by atoms with van der Waals surface area (Å²) in [4.78, 5) is 36.4. The predicted molar refractivity (Wildman–Crippen MR) is 118 cm³/mol. The number of hydrogen-bond donors (Lipinski definition) is 0. The summed E-state index contributed by atoms with van der Waals surface area (Å²) in [6.07, 6.45) is 5.55. The second-order valence-corrected chi connectivity index (χ2v) is 15.8. The molecule has 7 heteroatoms. The summed E-state index contributed by atoms with van der Waals surface area (Å²) in [6.45, 7) is 13.9. The number of anilines is 1. The highest BCUT2D eigenvalue weighted by atomic mass is 28.3. The van der Waals surface area contributed by atoms with E-state index >= 15 is 0 Å². The van der Waals surface area contributed by atoms with E-state index in [-0.39, 0.29) is 17.8 Å². The van der Waals surface area contributed by atoms with E-state index in [0.717, 1.165) is 18.9 Å². The van der Waals surface area contributed by atoms with E-state index in [4.69, 9.17) is 9.72 Å². The number of ether oxygens (including phenoxy) is 1.